The Hall–Kier alpha value is 0.720. The van der Waals surface area contributed by atoms with E-state index in [1.165, 1.54) is 0 Å². The van der Waals surface area contributed by atoms with Gasteiger partial charge in [-0.25, -0.2) is 13.1 Å². The van der Waals surface area contributed by atoms with Crippen molar-refractivity contribution in [2.24, 2.45) is 0 Å². The molecule has 0 bridgehead atoms. The van der Waals surface area contributed by atoms with Crippen molar-refractivity contribution in [1.82, 2.24) is 0 Å². The maximum atomic E-state index is 6.22. The second kappa shape index (κ2) is 19.3. The van der Waals surface area contributed by atoms with Crippen LogP contribution in [0.4, 0.5) is 0 Å². The molecule has 84 valence electrons. The number of halogens is 6. The van der Waals surface area contributed by atoms with Crippen molar-refractivity contribution >= 4 is 71.2 Å². The lowest BCUT2D eigenvalue weighted by molar-refractivity contribution is 1.24. The van der Waals surface area contributed by atoms with Crippen molar-refractivity contribution < 1.29 is 0 Å². The average molecular weight is 321 g/mol. The summed E-state index contributed by atoms with van der Waals surface area (Å²) in [7, 11) is 0. The summed E-state index contributed by atoms with van der Waals surface area (Å²) in [4.78, 5) is 5.78. The minimum absolute atomic E-state index is 0. The third kappa shape index (κ3) is 23.0. The Kier molecular flexibility index (Phi) is 33.3. The molecular weight excluding hydrogens is 313 g/mol. The Morgan fingerprint density at radius 2 is 1.07 bits per heavy atom. The molecule has 0 fully saturated rings. The highest BCUT2D eigenvalue weighted by atomic mass is 35.5. The highest BCUT2D eigenvalue weighted by Gasteiger charge is 1.99. The molecule has 0 saturated heterocycles. The molecule has 0 aliphatic rings. The summed E-state index contributed by atoms with van der Waals surface area (Å²) in [6.07, 6.45) is 0. The van der Waals surface area contributed by atoms with E-state index in [-0.39, 0.29) is 36.6 Å². The Bertz CT molecular complexity index is 154. The van der Waals surface area contributed by atoms with Gasteiger partial charge in [-0.2, -0.15) is 0 Å². The minimum atomic E-state index is -0.535. The van der Waals surface area contributed by atoms with Gasteiger partial charge in [0, 0.05) is 0 Å². The van der Waals surface area contributed by atoms with Gasteiger partial charge in [-0.05, 0) is 23.2 Å². The van der Waals surface area contributed by atoms with Crippen molar-refractivity contribution in [1.29, 1.82) is 0 Å². The van der Waals surface area contributed by atoms with Crippen LogP contribution in [0.3, 0.4) is 0 Å². The maximum Gasteiger partial charge on any atom is 0.310 e. The molecule has 2 nitrogen and oxygen atoms in total. The smallest absolute Gasteiger partial charge is 0.295 e. The Morgan fingerprint density at radius 1 is 0.857 bits per heavy atom. The Labute approximate surface area is 116 Å². The molecule has 2 unspecified atom stereocenters. The van der Waals surface area contributed by atoms with Gasteiger partial charge in [-0.1, -0.05) is 0 Å². The molecule has 8 heteroatoms. The Morgan fingerprint density at radius 3 is 1.07 bits per heavy atom. The van der Waals surface area contributed by atoms with Crippen molar-refractivity contribution in [3.8, 4) is 0 Å². The van der Waals surface area contributed by atoms with Crippen molar-refractivity contribution in [3.05, 3.63) is 22.8 Å². The van der Waals surface area contributed by atoms with Crippen LogP contribution >= 0.6 is 71.2 Å². The van der Waals surface area contributed by atoms with Crippen LogP contribution in [0.25, 0.3) is 9.69 Å². The van der Waals surface area contributed by atoms with E-state index in [0.717, 1.165) is 0 Å². The first-order valence-electron chi connectivity index (χ1n) is 2.75. The summed E-state index contributed by atoms with van der Waals surface area (Å²) in [6.45, 7) is 12.4. The Balaban J connectivity index is -0.0000000625. The fourth-order valence-corrected chi connectivity index (χ4v) is 0.207. The molecule has 0 radical (unpaired) electrons. The molecule has 0 aliphatic carbocycles. The van der Waals surface area contributed by atoms with Crippen molar-refractivity contribution in [2.75, 3.05) is 11.8 Å². The third-order valence-corrected chi connectivity index (χ3v) is 1.94. The van der Waals surface area contributed by atoms with E-state index in [0.29, 0.717) is 0 Å². The van der Waals surface area contributed by atoms with Gasteiger partial charge >= 0.3 is 11.0 Å². The molecule has 0 spiro atoms. The topological polar surface area (TPSA) is 8.72 Å². The lowest BCUT2D eigenvalue weighted by Gasteiger charge is -1.79. The van der Waals surface area contributed by atoms with Crippen LogP contribution in [0.15, 0.2) is 0 Å². The van der Waals surface area contributed by atoms with Crippen LogP contribution in [0.2, 0.25) is 0 Å². The third-order valence-electron chi connectivity index (χ3n) is 0.535. The fraction of sp³-hybridized carbons (Fsp3) is 0.667. The van der Waals surface area contributed by atoms with E-state index in [9.17, 15) is 0 Å². The molecule has 0 aliphatic heterocycles. The number of alkyl halides is 4. The maximum absolute atomic E-state index is 6.22. The first-order valence-corrected chi connectivity index (χ1v) is 4.69. The summed E-state index contributed by atoms with van der Waals surface area (Å²) in [5.41, 5.74) is -1.07. The lowest BCUT2D eigenvalue weighted by atomic mass is 10.8. The van der Waals surface area contributed by atoms with E-state index in [1.54, 1.807) is 0 Å². The molecule has 0 amide bonds. The summed E-state index contributed by atoms with van der Waals surface area (Å²) in [5, 5.41) is 0. The van der Waals surface area contributed by atoms with E-state index in [4.69, 9.17) is 59.5 Å². The van der Waals surface area contributed by atoms with Crippen LogP contribution < -0.4 is 0 Å². The summed E-state index contributed by atoms with van der Waals surface area (Å²) < 4.78 is 0. The van der Waals surface area contributed by atoms with Gasteiger partial charge < -0.3 is 0 Å². The first kappa shape index (κ1) is 24.1. The number of rotatable bonds is 2. The van der Waals surface area contributed by atoms with Crippen molar-refractivity contribution in [3.63, 3.8) is 0 Å². The molecule has 0 rings (SSSR count). The lowest BCUT2D eigenvalue weighted by Crippen LogP contribution is -1.88. The number of hydrogen-bond donors (Lipinski definition) is 0. The van der Waals surface area contributed by atoms with Crippen LogP contribution in [0.1, 0.15) is 0 Å². The quantitative estimate of drug-likeness (QED) is 0.408. The normalized spacial score (nSPS) is 11.0. The second-order valence-corrected chi connectivity index (χ2v) is 3.06. The summed E-state index contributed by atoms with van der Waals surface area (Å²) in [5.74, 6) is 0.427. The van der Waals surface area contributed by atoms with Gasteiger partial charge in [0.1, 0.15) is 11.8 Å². The van der Waals surface area contributed by atoms with Crippen LogP contribution in [-0.2, 0) is 0 Å². The SMILES string of the molecule is Cl.Cl.[C-]#[N+]C(Cl)CCl.[C-]#[N+]C(Cl)CCl. The van der Waals surface area contributed by atoms with Gasteiger partial charge in [-0.15, -0.1) is 48.0 Å². The second-order valence-electron chi connectivity index (χ2n) is 1.44. The molecule has 0 N–H and O–H groups in total. The van der Waals surface area contributed by atoms with E-state index in [2.05, 4.69) is 9.69 Å². The number of nitrogens with zero attached hydrogens (tertiary/aromatic N) is 2. The molecule has 0 saturated carbocycles. The van der Waals surface area contributed by atoms with E-state index in [1.807, 2.05) is 0 Å². The monoisotopic (exact) mass is 318 g/mol. The first-order chi connectivity index (χ1) is 5.62. The van der Waals surface area contributed by atoms with E-state index < -0.39 is 11.0 Å². The predicted molar refractivity (Wildman–Crippen MR) is 68.4 cm³/mol. The van der Waals surface area contributed by atoms with Gasteiger partial charge in [0.25, 0.3) is 0 Å². The largest absolute Gasteiger partial charge is 0.310 e. The fourth-order valence-electron chi connectivity index (χ4n) is 0.0690. The summed E-state index contributed by atoms with van der Waals surface area (Å²) in [6, 6.07) is 0. The van der Waals surface area contributed by atoms with Crippen LogP contribution in [0, 0.1) is 13.1 Å². The van der Waals surface area contributed by atoms with Crippen LogP contribution in [-0.4, -0.2) is 22.8 Å². The summed E-state index contributed by atoms with van der Waals surface area (Å²) >= 11 is 20.5. The molecule has 14 heavy (non-hydrogen) atoms. The minimum Gasteiger partial charge on any atom is -0.295 e. The number of hydrogen-bond acceptors (Lipinski definition) is 0. The van der Waals surface area contributed by atoms with E-state index >= 15 is 0 Å². The van der Waals surface area contributed by atoms with Gasteiger partial charge in [0.15, 0.2) is 0 Å². The van der Waals surface area contributed by atoms with Crippen molar-refractivity contribution in [2.45, 2.75) is 11.0 Å². The van der Waals surface area contributed by atoms with Crippen LogP contribution in [0.5, 0.6) is 0 Å². The van der Waals surface area contributed by atoms with Gasteiger partial charge in [-0.3, -0.25) is 9.69 Å². The molecule has 0 aromatic rings. The predicted octanol–water partition coefficient (Wildman–Crippen LogP) is 4.26. The highest BCUT2D eigenvalue weighted by molar-refractivity contribution is 6.29. The zero-order chi connectivity index (χ0) is 9.98. The van der Waals surface area contributed by atoms with Gasteiger partial charge in [0.2, 0.25) is 0 Å². The standard InChI is InChI=1S/2C3H3Cl2N.2ClH/c2*1-6-3(5)2-4;;/h2*3H,2H2;2*1H. The average Bonchev–Trinajstić information content (AvgIpc) is 2.16. The molecule has 0 heterocycles. The molecule has 0 aromatic heterocycles. The molecule has 2 atom stereocenters. The zero-order valence-corrected chi connectivity index (χ0v) is 11.4. The molecule has 0 aromatic carbocycles. The highest BCUT2D eigenvalue weighted by Crippen LogP contribution is 1.97. The zero-order valence-electron chi connectivity index (χ0n) is 6.79. The molecular formula is C6H8Cl6N2. The van der Waals surface area contributed by atoms with Gasteiger partial charge in [0.05, 0.1) is 0 Å².